The number of nitrogens with zero attached hydrogens (tertiary/aromatic N) is 1. The Kier molecular flexibility index (Phi) is 6.15. The van der Waals surface area contributed by atoms with Crippen LogP contribution in [0.1, 0.15) is 43.6 Å². The SMILES string of the molecule is COc1ccc(C(=O)NC(=O)COC(=O)C(C)N2C(=O)c3ccc(C)cc3C2=O)cc1. The molecular formula is C22H20N2O7. The standard InChI is InChI=1S/C22H20N2O7/c1-12-4-9-16-17(10-12)21(28)24(20(16)27)13(2)22(29)31-11-18(25)23-19(26)14-5-7-15(30-3)8-6-14/h4-10,13H,11H2,1-3H3,(H,23,25,26). The minimum absolute atomic E-state index is 0.207. The van der Waals surface area contributed by atoms with Gasteiger partial charge in [0.15, 0.2) is 6.61 Å². The van der Waals surface area contributed by atoms with Crippen molar-refractivity contribution in [1.82, 2.24) is 10.2 Å². The van der Waals surface area contributed by atoms with E-state index in [1.807, 2.05) is 0 Å². The minimum atomic E-state index is -1.24. The van der Waals surface area contributed by atoms with Crippen LogP contribution in [0.25, 0.3) is 0 Å². The molecular weight excluding hydrogens is 404 g/mol. The van der Waals surface area contributed by atoms with Crippen molar-refractivity contribution >= 4 is 29.6 Å². The molecule has 1 atom stereocenters. The fourth-order valence-corrected chi connectivity index (χ4v) is 3.07. The summed E-state index contributed by atoms with van der Waals surface area (Å²) in [5.74, 6) is -3.13. The molecule has 1 aliphatic rings. The Morgan fingerprint density at radius 3 is 2.29 bits per heavy atom. The number of carbonyl (C=O) groups is 5. The molecule has 3 rings (SSSR count). The summed E-state index contributed by atoms with van der Waals surface area (Å²) in [6.45, 7) is 2.37. The summed E-state index contributed by atoms with van der Waals surface area (Å²) in [4.78, 5) is 62.2. The lowest BCUT2D eigenvalue weighted by atomic mass is 10.1. The first-order valence-corrected chi connectivity index (χ1v) is 9.36. The Morgan fingerprint density at radius 1 is 1.00 bits per heavy atom. The molecule has 160 valence electrons. The number of amides is 4. The van der Waals surface area contributed by atoms with Crippen molar-refractivity contribution in [2.24, 2.45) is 0 Å². The van der Waals surface area contributed by atoms with Gasteiger partial charge in [-0.15, -0.1) is 0 Å². The van der Waals surface area contributed by atoms with Gasteiger partial charge in [0.1, 0.15) is 11.8 Å². The molecule has 2 aromatic rings. The molecule has 31 heavy (non-hydrogen) atoms. The van der Waals surface area contributed by atoms with Crippen LogP contribution < -0.4 is 10.1 Å². The van der Waals surface area contributed by atoms with Crippen LogP contribution in [0.15, 0.2) is 42.5 Å². The molecule has 0 bridgehead atoms. The first-order valence-electron chi connectivity index (χ1n) is 9.36. The third kappa shape index (κ3) is 4.45. The van der Waals surface area contributed by atoms with Crippen LogP contribution in [0.3, 0.4) is 0 Å². The highest BCUT2D eigenvalue weighted by atomic mass is 16.5. The molecule has 0 saturated heterocycles. The first-order chi connectivity index (χ1) is 14.7. The predicted octanol–water partition coefficient (Wildman–Crippen LogP) is 1.49. The minimum Gasteiger partial charge on any atom is -0.497 e. The molecule has 0 saturated carbocycles. The second-order valence-corrected chi connectivity index (χ2v) is 6.92. The smallest absolute Gasteiger partial charge is 0.329 e. The maximum Gasteiger partial charge on any atom is 0.329 e. The van der Waals surface area contributed by atoms with Gasteiger partial charge >= 0.3 is 5.97 Å². The van der Waals surface area contributed by atoms with E-state index in [4.69, 9.17) is 9.47 Å². The monoisotopic (exact) mass is 424 g/mol. The third-order valence-corrected chi connectivity index (χ3v) is 4.75. The molecule has 4 amide bonds. The molecule has 0 fully saturated rings. The molecule has 1 unspecified atom stereocenters. The number of imide groups is 2. The van der Waals surface area contributed by atoms with Crippen molar-refractivity contribution in [2.45, 2.75) is 19.9 Å². The molecule has 1 N–H and O–H groups in total. The van der Waals surface area contributed by atoms with Crippen LogP contribution in [0.2, 0.25) is 0 Å². The highest BCUT2D eigenvalue weighted by Crippen LogP contribution is 2.26. The number of rotatable bonds is 6. The zero-order valence-corrected chi connectivity index (χ0v) is 17.1. The number of aryl methyl sites for hydroxylation is 1. The number of carbonyl (C=O) groups excluding carboxylic acids is 5. The molecule has 1 heterocycles. The lowest BCUT2D eigenvalue weighted by molar-refractivity contribution is -0.151. The van der Waals surface area contributed by atoms with Crippen molar-refractivity contribution in [3.8, 4) is 5.75 Å². The number of ether oxygens (including phenoxy) is 2. The maximum absolute atomic E-state index is 12.6. The van der Waals surface area contributed by atoms with E-state index in [-0.39, 0.29) is 16.7 Å². The molecule has 0 radical (unpaired) electrons. The highest BCUT2D eigenvalue weighted by Gasteiger charge is 2.41. The molecule has 9 nitrogen and oxygen atoms in total. The van der Waals surface area contributed by atoms with Gasteiger partial charge in [-0.1, -0.05) is 11.6 Å². The molecule has 9 heteroatoms. The van der Waals surface area contributed by atoms with Gasteiger partial charge in [-0.2, -0.15) is 0 Å². The predicted molar refractivity (Wildman–Crippen MR) is 108 cm³/mol. The zero-order chi connectivity index (χ0) is 22.7. The van der Waals surface area contributed by atoms with Crippen molar-refractivity contribution in [2.75, 3.05) is 13.7 Å². The van der Waals surface area contributed by atoms with E-state index in [0.29, 0.717) is 5.75 Å². The van der Waals surface area contributed by atoms with Crippen LogP contribution in [-0.2, 0) is 14.3 Å². The number of benzene rings is 2. The van der Waals surface area contributed by atoms with Crippen molar-refractivity contribution in [1.29, 1.82) is 0 Å². The normalized spacial score (nSPS) is 13.5. The number of esters is 1. The zero-order valence-electron chi connectivity index (χ0n) is 17.1. The van der Waals surface area contributed by atoms with Crippen molar-refractivity contribution in [3.63, 3.8) is 0 Å². The third-order valence-electron chi connectivity index (χ3n) is 4.75. The fourth-order valence-electron chi connectivity index (χ4n) is 3.07. The largest absolute Gasteiger partial charge is 0.497 e. The molecule has 1 aliphatic heterocycles. The van der Waals surface area contributed by atoms with E-state index in [2.05, 4.69) is 5.32 Å². The van der Waals surface area contributed by atoms with Crippen LogP contribution in [0.4, 0.5) is 0 Å². The topological polar surface area (TPSA) is 119 Å². The lowest BCUT2D eigenvalue weighted by Gasteiger charge is -2.20. The summed E-state index contributed by atoms with van der Waals surface area (Å²) >= 11 is 0. The summed E-state index contributed by atoms with van der Waals surface area (Å²) in [6.07, 6.45) is 0. The second kappa shape index (κ2) is 8.78. The van der Waals surface area contributed by atoms with Gasteiger partial charge in [-0.25, -0.2) is 4.79 Å². The molecule has 0 aromatic heterocycles. The van der Waals surface area contributed by atoms with Crippen molar-refractivity contribution < 1.29 is 33.4 Å². The van der Waals surface area contributed by atoms with Gasteiger partial charge in [0.2, 0.25) is 0 Å². The number of hydrogen-bond donors (Lipinski definition) is 1. The van der Waals surface area contributed by atoms with Crippen LogP contribution in [0, 0.1) is 6.92 Å². The quantitative estimate of drug-likeness (QED) is 0.551. The van der Waals surface area contributed by atoms with Crippen LogP contribution >= 0.6 is 0 Å². The van der Waals surface area contributed by atoms with Gasteiger partial charge in [0, 0.05) is 5.56 Å². The first kappa shape index (κ1) is 21.7. The summed E-state index contributed by atoms with van der Waals surface area (Å²) < 4.78 is 9.89. The van der Waals surface area contributed by atoms with E-state index >= 15 is 0 Å². The summed E-state index contributed by atoms with van der Waals surface area (Å²) in [5.41, 5.74) is 1.44. The Hall–Kier alpha value is -4.01. The van der Waals surface area contributed by atoms with Crippen LogP contribution in [0.5, 0.6) is 5.75 Å². The van der Waals surface area contributed by atoms with E-state index in [1.54, 1.807) is 31.2 Å². The molecule has 0 aliphatic carbocycles. The van der Waals surface area contributed by atoms with Gasteiger partial charge in [0.25, 0.3) is 23.6 Å². The van der Waals surface area contributed by atoms with Gasteiger partial charge in [-0.3, -0.25) is 29.4 Å². The lowest BCUT2D eigenvalue weighted by Crippen LogP contribution is -2.44. The average molecular weight is 424 g/mol. The summed E-state index contributed by atoms with van der Waals surface area (Å²) in [6, 6.07) is 9.62. The van der Waals surface area contributed by atoms with E-state index < -0.39 is 42.2 Å². The Balaban J connectivity index is 1.56. The summed E-state index contributed by atoms with van der Waals surface area (Å²) in [7, 11) is 1.48. The van der Waals surface area contributed by atoms with E-state index in [0.717, 1.165) is 10.5 Å². The fraction of sp³-hybridized carbons (Fsp3) is 0.227. The van der Waals surface area contributed by atoms with Gasteiger partial charge < -0.3 is 9.47 Å². The Labute approximate surface area is 177 Å². The van der Waals surface area contributed by atoms with Crippen molar-refractivity contribution in [3.05, 3.63) is 64.7 Å². The van der Waals surface area contributed by atoms with E-state index in [9.17, 15) is 24.0 Å². The Bertz CT molecular complexity index is 1080. The van der Waals surface area contributed by atoms with E-state index in [1.165, 1.54) is 32.2 Å². The van der Waals surface area contributed by atoms with Gasteiger partial charge in [0.05, 0.1) is 18.2 Å². The molecule has 0 spiro atoms. The number of nitrogens with one attached hydrogen (secondary N) is 1. The van der Waals surface area contributed by atoms with Crippen LogP contribution in [-0.4, -0.2) is 54.3 Å². The number of fused-ring (bicyclic) bond motifs is 1. The average Bonchev–Trinajstić information content (AvgIpc) is 3.00. The van der Waals surface area contributed by atoms with Gasteiger partial charge in [-0.05, 0) is 50.2 Å². The molecule has 2 aromatic carbocycles. The second-order valence-electron chi connectivity index (χ2n) is 6.92. The highest BCUT2D eigenvalue weighted by molar-refractivity contribution is 6.22. The number of hydrogen-bond acceptors (Lipinski definition) is 7. The number of methoxy groups -OCH3 is 1. The Morgan fingerprint density at radius 2 is 1.65 bits per heavy atom. The summed E-state index contributed by atoms with van der Waals surface area (Å²) in [5, 5.41) is 2.09. The maximum atomic E-state index is 12.6.